The molecule has 0 atom stereocenters. The molecule has 2 N–H and O–H groups in total. The summed E-state index contributed by atoms with van der Waals surface area (Å²) in [7, 11) is 1.82. The molecule has 2 heterocycles. The summed E-state index contributed by atoms with van der Waals surface area (Å²) in [6.07, 6.45) is 1.53. The van der Waals surface area contributed by atoms with Gasteiger partial charge < -0.3 is 10.6 Å². The molecular formula is C10H12BrN5S. The van der Waals surface area contributed by atoms with Crippen molar-refractivity contribution in [1.82, 2.24) is 15.0 Å². The first-order valence-electron chi connectivity index (χ1n) is 5.03. The van der Waals surface area contributed by atoms with E-state index in [-0.39, 0.29) is 0 Å². The molecule has 0 aromatic carbocycles. The summed E-state index contributed by atoms with van der Waals surface area (Å²) in [6, 6.07) is 0. The lowest BCUT2D eigenvalue weighted by atomic mass is 10.4. The van der Waals surface area contributed by atoms with Crippen LogP contribution in [-0.2, 0) is 6.54 Å². The minimum Gasteiger partial charge on any atom is -0.372 e. The second-order valence-electron chi connectivity index (χ2n) is 3.35. The third-order valence-electron chi connectivity index (χ3n) is 2.29. The molecule has 5 nitrogen and oxygen atoms in total. The van der Waals surface area contributed by atoms with Crippen molar-refractivity contribution in [3.05, 3.63) is 26.9 Å². The van der Waals surface area contributed by atoms with Gasteiger partial charge in [0.2, 0.25) is 0 Å². The largest absolute Gasteiger partial charge is 0.372 e. The molecule has 0 bridgehead atoms. The average Bonchev–Trinajstić information content (AvgIpc) is 2.74. The molecule has 0 unspecified atom stereocenters. The smallest absolute Gasteiger partial charge is 0.146 e. The van der Waals surface area contributed by atoms with Crippen LogP contribution in [0, 0.1) is 6.92 Å². The van der Waals surface area contributed by atoms with Gasteiger partial charge in [0.05, 0.1) is 17.7 Å². The molecule has 0 aliphatic carbocycles. The first-order chi connectivity index (χ1) is 8.22. The topological polar surface area (TPSA) is 62.7 Å². The van der Waals surface area contributed by atoms with Crippen LogP contribution in [0.4, 0.5) is 11.6 Å². The van der Waals surface area contributed by atoms with Gasteiger partial charge in [-0.15, -0.1) is 11.3 Å². The van der Waals surface area contributed by atoms with Gasteiger partial charge >= 0.3 is 0 Å². The lowest BCUT2D eigenvalue weighted by molar-refractivity contribution is 1.06. The number of aromatic nitrogens is 3. The van der Waals surface area contributed by atoms with E-state index in [9.17, 15) is 0 Å². The predicted octanol–water partition coefficient (Wildman–Crippen LogP) is 2.66. The maximum absolute atomic E-state index is 4.21. The maximum Gasteiger partial charge on any atom is 0.146 e. The van der Waals surface area contributed by atoms with E-state index in [0.29, 0.717) is 0 Å². The predicted molar refractivity (Wildman–Crippen MR) is 73.5 cm³/mol. The zero-order chi connectivity index (χ0) is 12.3. The van der Waals surface area contributed by atoms with E-state index in [4.69, 9.17) is 0 Å². The molecule has 2 aromatic heterocycles. The molecule has 0 aliphatic heterocycles. The molecule has 2 rings (SSSR count). The summed E-state index contributed by atoms with van der Waals surface area (Å²) in [5, 5.41) is 6.26. The van der Waals surface area contributed by atoms with Gasteiger partial charge in [0, 0.05) is 11.9 Å². The number of hydrogen-bond acceptors (Lipinski definition) is 6. The van der Waals surface area contributed by atoms with Crippen LogP contribution in [0.1, 0.15) is 10.6 Å². The number of nitrogens with one attached hydrogen (secondary N) is 2. The number of anilines is 2. The normalized spacial score (nSPS) is 10.3. The number of aryl methyl sites for hydroxylation is 1. The summed E-state index contributed by atoms with van der Waals surface area (Å²) < 4.78 is 0.838. The molecule has 2 aromatic rings. The molecule has 0 aliphatic rings. The van der Waals surface area contributed by atoms with Crippen molar-refractivity contribution in [2.45, 2.75) is 13.5 Å². The number of thiazole rings is 1. The van der Waals surface area contributed by atoms with Crippen LogP contribution in [0.3, 0.4) is 0 Å². The Labute approximate surface area is 112 Å². The number of nitrogens with zero attached hydrogens (tertiary/aromatic N) is 3. The molecule has 0 spiro atoms. The van der Waals surface area contributed by atoms with E-state index in [0.717, 1.165) is 28.3 Å². The summed E-state index contributed by atoms with van der Waals surface area (Å²) in [4.78, 5) is 13.7. The fourth-order valence-corrected chi connectivity index (χ4v) is 2.59. The van der Waals surface area contributed by atoms with E-state index in [1.165, 1.54) is 11.2 Å². The molecule has 0 saturated heterocycles. The van der Waals surface area contributed by atoms with Crippen LogP contribution in [0.5, 0.6) is 0 Å². The van der Waals surface area contributed by atoms with Crippen molar-refractivity contribution < 1.29 is 0 Å². The maximum atomic E-state index is 4.21. The molecule has 0 radical (unpaired) electrons. The van der Waals surface area contributed by atoms with Crippen LogP contribution in [0.25, 0.3) is 0 Å². The summed E-state index contributed by atoms with van der Waals surface area (Å²) in [5.74, 6) is 1.54. The zero-order valence-corrected chi connectivity index (χ0v) is 11.9. The zero-order valence-electron chi connectivity index (χ0n) is 9.49. The molecule has 0 fully saturated rings. The van der Waals surface area contributed by atoms with E-state index < -0.39 is 0 Å². The van der Waals surface area contributed by atoms with E-state index in [1.54, 1.807) is 11.3 Å². The van der Waals surface area contributed by atoms with Crippen molar-refractivity contribution in [2.75, 3.05) is 17.7 Å². The van der Waals surface area contributed by atoms with Crippen LogP contribution in [0.15, 0.2) is 16.3 Å². The number of hydrogen-bond donors (Lipinski definition) is 2. The average molecular weight is 314 g/mol. The van der Waals surface area contributed by atoms with Crippen molar-refractivity contribution >= 4 is 38.9 Å². The summed E-state index contributed by atoms with van der Waals surface area (Å²) in [6.45, 7) is 2.72. The van der Waals surface area contributed by atoms with E-state index >= 15 is 0 Å². The standard InChI is InChI=1S/C10H12BrN5S/c1-6-7(17-5-16-6)3-13-10-8(11)9(12-2)14-4-15-10/h4-5H,3H2,1-2H3,(H2,12,13,14,15). The molecule has 7 heteroatoms. The Bertz CT molecular complexity index is 513. The highest BCUT2D eigenvalue weighted by Gasteiger charge is 2.08. The number of halogens is 1. The Balaban J connectivity index is 2.12. The van der Waals surface area contributed by atoms with Gasteiger partial charge in [-0.05, 0) is 22.9 Å². The van der Waals surface area contributed by atoms with Gasteiger partial charge in [0.1, 0.15) is 22.4 Å². The first kappa shape index (κ1) is 12.3. The van der Waals surface area contributed by atoms with Crippen molar-refractivity contribution in [2.24, 2.45) is 0 Å². The molecule has 90 valence electrons. The minimum absolute atomic E-state index is 0.718. The van der Waals surface area contributed by atoms with Crippen molar-refractivity contribution in [1.29, 1.82) is 0 Å². The molecule has 0 saturated carbocycles. The fraction of sp³-hybridized carbons (Fsp3) is 0.300. The van der Waals surface area contributed by atoms with Gasteiger partial charge in [-0.3, -0.25) is 0 Å². The lowest BCUT2D eigenvalue weighted by Gasteiger charge is -2.09. The highest BCUT2D eigenvalue weighted by molar-refractivity contribution is 9.10. The third-order valence-corrected chi connectivity index (χ3v) is 3.97. The lowest BCUT2D eigenvalue weighted by Crippen LogP contribution is -2.04. The third kappa shape index (κ3) is 2.73. The van der Waals surface area contributed by atoms with Gasteiger partial charge in [0.25, 0.3) is 0 Å². The van der Waals surface area contributed by atoms with Crippen LogP contribution in [-0.4, -0.2) is 22.0 Å². The summed E-state index contributed by atoms with van der Waals surface area (Å²) in [5.41, 5.74) is 2.90. The van der Waals surface area contributed by atoms with Crippen LogP contribution >= 0.6 is 27.3 Å². The first-order valence-corrected chi connectivity index (χ1v) is 6.70. The Morgan fingerprint density at radius 2 is 2.06 bits per heavy atom. The van der Waals surface area contributed by atoms with Crippen molar-refractivity contribution in [3.63, 3.8) is 0 Å². The molecule has 17 heavy (non-hydrogen) atoms. The van der Waals surface area contributed by atoms with Crippen LogP contribution in [0.2, 0.25) is 0 Å². The second-order valence-corrected chi connectivity index (χ2v) is 5.08. The van der Waals surface area contributed by atoms with Gasteiger partial charge in [-0.25, -0.2) is 15.0 Å². The Morgan fingerprint density at radius 3 is 2.71 bits per heavy atom. The highest BCUT2D eigenvalue weighted by Crippen LogP contribution is 2.26. The van der Waals surface area contributed by atoms with Gasteiger partial charge in [-0.1, -0.05) is 0 Å². The Hall–Kier alpha value is -1.21. The molecular weight excluding hydrogens is 302 g/mol. The second kappa shape index (κ2) is 5.42. The van der Waals surface area contributed by atoms with Gasteiger partial charge in [0.15, 0.2) is 0 Å². The Kier molecular flexibility index (Phi) is 3.90. The van der Waals surface area contributed by atoms with E-state index in [2.05, 4.69) is 41.5 Å². The Morgan fingerprint density at radius 1 is 1.29 bits per heavy atom. The summed E-state index contributed by atoms with van der Waals surface area (Å²) >= 11 is 5.10. The monoisotopic (exact) mass is 313 g/mol. The van der Waals surface area contributed by atoms with E-state index in [1.807, 2.05) is 19.5 Å². The SMILES string of the molecule is CNc1ncnc(NCc2scnc2C)c1Br. The quantitative estimate of drug-likeness (QED) is 0.908. The van der Waals surface area contributed by atoms with Crippen LogP contribution < -0.4 is 10.6 Å². The fourth-order valence-electron chi connectivity index (χ4n) is 1.33. The molecule has 0 amide bonds. The highest BCUT2D eigenvalue weighted by atomic mass is 79.9. The van der Waals surface area contributed by atoms with Gasteiger partial charge in [-0.2, -0.15) is 0 Å². The van der Waals surface area contributed by atoms with Crippen molar-refractivity contribution in [3.8, 4) is 0 Å². The minimum atomic E-state index is 0.718. The number of rotatable bonds is 4.